The van der Waals surface area contributed by atoms with Crippen molar-refractivity contribution in [3.8, 4) is 11.1 Å². The van der Waals surface area contributed by atoms with E-state index in [0.29, 0.717) is 45.4 Å². The lowest BCUT2D eigenvalue weighted by atomic mass is 9.98. The van der Waals surface area contributed by atoms with E-state index in [1.165, 1.54) is 11.1 Å². The molecule has 2 aromatic carbocycles. The molecule has 2 aliphatic carbocycles. The van der Waals surface area contributed by atoms with Crippen molar-refractivity contribution in [2.75, 3.05) is 39.3 Å². The summed E-state index contributed by atoms with van der Waals surface area (Å²) >= 11 is 0. The molecule has 0 spiro atoms. The van der Waals surface area contributed by atoms with Crippen LogP contribution in [0.2, 0.25) is 0 Å². The molecule has 2 amide bonds. The van der Waals surface area contributed by atoms with E-state index >= 15 is 0 Å². The topological polar surface area (TPSA) is 99.2 Å². The molecule has 3 aliphatic rings. The van der Waals surface area contributed by atoms with Crippen LogP contribution in [-0.4, -0.2) is 77.7 Å². The zero-order valence-corrected chi connectivity index (χ0v) is 19.0. The SMILES string of the molecule is O=C(O)CN1CCCN(C(=O)C2(NC(=O)OCC3c4ccccc4-c4ccccc43)CC2)CC1. The van der Waals surface area contributed by atoms with Gasteiger partial charge in [-0.25, -0.2) is 4.79 Å². The minimum absolute atomic E-state index is 0.0226. The first kappa shape index (κ1) is 22.4. The average molecular weight is 464 g/mol. The van der Waals surface area contributed by atoms with E-state index in [-0.39, 0.29) is 25.0 Å². The van der Waals surface area contributed by atoms with Gasteiger partial charge in [-0.05, 0) is 41.5 Å². The second-order valence-electron chi connectivity index (χ2n) is 9.35. The van der Waals surface area contributed by atoms with Crippen LogP contribution in [0, 0.1) is 0 Å². The van der Waals surface area contributed by atoms with Crippen molar-refractivity contribution in [3.05, 3.63) is 59.7 Å². The Morgan fingerprint density at radius 3 is 2.21 bits per heavy atom. The minimum atomic E-state index is -0.898. The second kappa shape index (κ2) is 9.10. The zero-order valence-electron chi connectivity index (χ0n) is 19.0. The molecule has 8 nitrogen and oxygen atoms in total. The van der Waals surface area contributed by atoms with Gasteiger partial charge >= 0.3 is 12.1 Å². The van der Waals surface area contributed by atoms with Gasteiger partial charge in [-0.1, -0.05) is 48.5 Å². The molecule has 1 aliphatic heterocycles. The molecule has 0 radical (unpaired) electrons. The minimum Gasteiger partial charge on any atom is -0.480 e. The van der Waals surface area contributed by atoms with Crippen molar-refractivity contribution < 1.29 is 24.2 Å². The summed E-state index contributed by atoms with van der Waals surface area (Å²) in [4.78, 5) is 40.5. The van der Waals surface area contributed by atoms with Gasteiger partial charge in [0.15, 0.2) is 0 Å². The van der Waals surface area contributed by atoms with Gasteiger partial charge in [0, 0.05) is 32.1 Å². The molecule has 5 rings (SSSR count). The number of ether oxygens (including phenoxy) is 1. The molecule has 0 bridgehead atoms. The van der Waals surface area contributed by atoms with Crippen LogP contribution < -0.4 is 5.32 Å². The van der Waals surface area contributed by atoms with E-state index in [1.807, 2.05) is 29.2 Å². The summed E-state index contributed by atoms with van der Waals surface area (Å²) in [5.74, 6) is -0.997. The quantitative estimate of drug-likeness (QED) is 0.684. The fourth-order valence-electron chi connectivity index (χ4n) is 5.17. The molecular formula is C26H29N3O5. The maximum absolute atomic E-state index is 13.2. The highest BCUT2D eigenvalue weighted by molar-refractivity contribution is 5.93. The van der Waals surface area contributed by atoms with Crippen molar-refractivity contribution in [2.24, 2.45) is 0 Å². The predicted octanol–water partition coefficient (Wildman–Crippen LogP) is 2.68. The number of aliphatic carboxylic acids is 1. The van der Waals surface area contributed by atoms with Crippen LogP contribution in [0.4, 0.5) is 4.79 Å². The van der Waals surface area contributed by atoms with E-state index in [0.717, 1.165) is 11.1 Å². The van der Waals surface area contributed by atoms with Crippen LogP contribution in [-0.2, 0) is 14.3 Å². The fourth-order valence-corrected chi connectivity index (χ4v) is 5.17. The lowest BCUT2D eigenvalue weighted by Crippen LogP contribution is -2.51. The van der Waals surface area contributed by atoms with E-state index in [1.54, 1.807) is 4.90 Å². The van der Waals surface area contributed by atoms with Crippen molar-refractivity contribution in [1.29, 1.82) is 0 Å². The van der Waals surface area contributed by atoms with Crippen LogP contribution in [0.1, 0.15) is 36.3 Å². The highest BCUT2D eigenvalue weighted by Gasteiger charge is 2.53. The van der Waals surface area contributed by atoms with Crippen LogP contribution in [0.25, 0.3) is 11.1 Å². The van der Waals surface area contributed by atoms with Gasteiger partial charge in [0.2, 0.25) is 5.91 Å². The number of hydrogen-bond acceptors (Lipinski definition) is 5. The Bertz CT molecular complexity index is 1070. The third-order valence-electron chi connectivity index (χ3n) is 7.08. The first-order chi connectivity index (χ1) is 16.5. The molecule has 0 unspecified atom stereocenters. The first-order valence-electron chi connectivity index (χ1n) is 11.8. The average Bonchev–Trinajstić information content (AvgIpc) is 3.58. The van der Waals surface area contributed by atoms with E-state index < -0.39 is 17.6 Å². The monoisotopic (exact) mass is 463 g/mol. The number of hydrogen-bond donors (Lipinski definition) is 2. The summed E-state index contributed by atoms with van der Waals surface area (Å²) in [6, 6.07) is 16.3. The predicted molar refractivity (Wildman–Crippen MR) is 125 cm³/mol. The molecule has 34 heavy (non-hydrogen) atoms. The van der Waals surface area contributed by atoms with Gasteiger partial charge in [-0.2, -0.15) is 0 Å². The van der Waals surface area contributed by atoms with Gasteiger partial charge in [-0.3, -0.25) is 14.5 Å². The summed E-state index contributed by atoms with van der Waals surface area (Å²) in [7, 11) is 0. The normalized spacial score (nSPS) is 19.0. The van der Waals surface area contributed by atoms with Crippen molar-refractivity contribution in [1.82, 2.24) is 15.1 Å². The maximum Gasteiger partial charge on any atom is 0.408 e. The fraction of sp³-hybridized carbons (Fsp3) is 0.423. The number of carbonyl (C=O) groups excluding carboxylic acids is 2. The Morgan fingerprint density at radius 2 is 1.59 bits per heavy atom. The Morgan fingerprint density at radius 1 is 0.941 bits per heavy atom. The Labute approximate surface area is 198 Å². The number of amides is 2. The third kappa shape index (κ3) is 4.37. The lowest BCUT2D eigenvalue weighted by molar-refractivity contribution is -0.138. The van der Waals surface area contributed by atoms with E-state index in [4.69, 9.17) is 9.84 Å². The molecule has 178 valence electrons. The first-order valence-corrected chi connectivity index (χ1v) is 11.8. The number of benzene rings is 2. The molecule has 1 saturated heterocycles. The maximum atomic E-state index is 13.2. The number of rotatable bonds is 6. The highest BCUT2D eigenvalue weighted by Crippen LogP contribution is 2.44. The number of carboxylic acids is 1. The van der Waals surface area contributed by atoms with Gasteiger partial charge in [0.1, 0.15) is 12.1 Å². The summed E-state index contributed by atoms with van der Waals surface area (Å²) in [5.41, 5.74) is 3.72. The molecule has 2 fully saturated rings. The van der Waals surface area contributed by atoms with Crippen LogP contribution in [0.3, 0.4) is 0 Å². The Balaban J connectivity index is 1.19. The molecule has 1 heterocycles. The van der Waals surface area contributed by atoms with Crippen LogP contribution >= 0.6 is 0 Å². The van der Waals surface area contributed by atoms with Crippen molar-refractivity contribution in [2.45, 2.75) is 30.7 Å². The summed E-state index contributed by atoms with van der Waals surface area (Å²) in [6.45, 7) is 2.36. The van der Waals surface area contributed by atoms with Crippen LogP contribution in [0.15, 0.2) is 48.5 Å². The number of carboxylic acid groups (broad SMARTS) is 1. The summed E-state index contributed by atoms with van der Waals surface area (Å²) < 4.78 is 5.64. The molecule has 8 heteroatoms. The molecule has 0 atom stereocenters. The number of alkyl carbamates (subject to hydrolysis) is 1. The molecule has 2 aromatic rings. The van der Waals surface area contributed by atoms with Crippen molar-refractivity contribution in [3.63, 3.8) is 0 Å². The Hall–Kier alpha value is -3.39. The molecule has 2 N–H and O–H groups in total. The third-order valence-corrected chi connectivity index (χ3v) is 7.08. The summed E-state index contributed by atoms with van der Waals surface area (Å²) in [5, 5.41) is 11.9. The number of nitrogens with one attached hydrogen (secondary N) is 1. The van der Waals surface area contributed by atoms with Gasteiger partial charge in [-0.15, -0.1) is 0 Å². The standard InChI is InChI=1S/C26H29N3O5/c30-23(31)16-28-12-5-13-29(15-14-28)24(32)26(10-11-26)27-25(33)34-17-22-20-8-3-1-6-18(20)19-7-2-4-9-21(19)22/h1-4,6-9,22H,5,10-17H2,(H,27,33)(H,30,31). The Kier molecular flexibility index (Phi) is 6.00. The summed E-state index contributed by atoms with van der Waals surface area (Å²) in [6.07, 6.45) is 1.31. The lowest BCUT2D eigenvalue weighted by Gasteiger charge is -2.27. The van der Waals surface area contributed by atoms with E-state index in [9.17, 15) is 14.4 Å². The van der Waals surface area contributed by atoms with Crippen molar-refractivity contribution >= 4 is 18.0 Å². The highest BCUT2D eigenvalue weighted by atomic mass is 16.5. The van der Waals surface area contributed by atoms with Gasteiger partial charge in [0.25, 0.3) is 0 Å². The molecular weight excluding hydrogens is 434 g/mol. The molecule has 1 saturated carbocycles. The smallest absolute Gasteiger partial charge is 0.408 e. The van der Waals surface area contributed by atoms with Gasteiger partial charge in [0.05, 0.1) is 6.54 Å². The number of carbonyl (C=O) groups is 3. The second-order valence-corrected chi connectivity index (χ2v) is 9.35. The largest absolute Gasteiger partial charge is 0.480 e. The van der Waals surface area contributed by atoms with E-state index in [2.05, 4.69) is 29.6 Å². The van der Waals surface area contributed by atoms with Crippen LogP contribution in [0.5, 0.6) is 0 Å². The zero-order chi connectivity index (χ0) is 23.7. The molecule has 0 aromatic heterocycles. The van der Waals surface area contributed by atoms with Gasteiger partial charge < -0.3 is 20.1 Å². The number of fused-ring (bicyclic) bond motifs is 3. The number of nitrogens with zero attached hydrogens (tertiary/aromatic N) is 2.